The van der Waals surface area contributed by atoms with Crippen LogP contribution in [0.25, 0.3) is 6.08 Å². The molecule has 0 spiro atoms. The molecule has 0 unspecified atom stereocenters. The number of benzene rings is 1. The predicted octanol–water partition coefficient (Wildman–Crippen LogP) is 2.59. The highest BCUT2D eigenvalue weighted by molar-refractivity contribution is 5.96. The molecule has 0 N–H and O–H groups in total. The molecule has 0 aliphatic heterocycles. The second kappa shape index (κ2) is 4.26. The van der Waals surface area contributed by atoms with Crippen molar-refractivity contribution in [2.75, 3.05) is 0 Å². The number of allylic oxidation sites excluding steroid dienone is 1. The maximum atomic E-state index is 11.4. The summed E-state index contributed by atoms with van der Waals surface area (Å²) in [4.78, 5) is 21.3. The summed E-state index contributed by atoms with van der Waals surface area (Å²) in [5, 5.41) is 10.4. The zero-order valence-electron chi connectivity index (χ0n) is 8.63. The van der Waals surface area contributed by atoms with Crippen molar-refractivity contribution in [2.24, 2.45) is 5.92 Å². The van der Waals surface area contributed by atoms with Crippen LogP contribution in [0.3, 0.4) is 0 Å². The van der Waals surface area contributed by atoms with E-state index < -0.39 is 4.92 Å². The minimum absolute atomic E-state index is 0.0608. The third kappa shape index (κ3) is 2.53. The summed E-state index contributed by atoms with van der Waals surface area (Å²) in [6.07, 6.45) is 5.23. The van der Waals surface area contributed by atoms with Gasteiger partial charge in [-0.25, -0.2) is 0 Å². The van der Waals surface area contributed by atoms with Crippen molar-refractivity contribution in [3.8, 4) is 0 Å². The number of rotatable bonds is 4. The van der Waals surface area contributed by atoms with Gasteiger partial charge < -0.3 is 0 Å². The number of non-ortho nitro benzene ring substituents is 1. The number of nitro benzene ring substituents is 1. The van der Waals surface area contributed by atoms with E-state index in [9.17, 15) is 14.9 Å². The molecule has 1 aromatic carbocycles. The van der Waals surface area contributed by atoms with Gasteiger partial charge in [0.25, 0.3) is 5.69 Å². The summed E-state index contributed by atoms with van der Waals surface area (Å²) in [5.41, 5.74) is 0.866. The highest BCUT2D eigenvalue weighted by Gasteiger charge is 2.27. The Kier molecular flexibility index (Phi) is 2.81. The molecule has 0 heterocycles. The molecule has 0 bridgehead atoms. The predicted molar refractivity (Wildman–Crippen MR) is 59.9 cm³/mol. The fourth-order valence-electron chi connectivity index (χ4n) is 1.39. The quantitative estimate of drug-likeness (QED) is 0.442. The van der Waals surface area contributed by atoms with Crippen LogP contribution in [0.1, 0.15) is 18.4 Å². The lowest BCUT2D eigenvalue weighted by Crippen LogP contribution is -1.93. The average Bonchev–Trinajstić information content (AvgIpc) is 3.10. The van der Waals surface area contributed by atoms with Crippen LogP contribution in [0.2, 0.25) is 0 Å². The van der Waals surface area contributed by atoms with Crippen LogP contribution in [0.5, 0.6) is 0 Å². The summed E-state index contributed by atoms with van der Waals surface area (Å²) >= 11 is 0. The Labute approximate surface area is 92.7 Å². The van der Waals surface area contributed by atoms with Gasteiger partial charge in [-0.15, -0.1) is 0 Å². The smallest absolute Gasteiger partial charge is 0.269 e. The average molecular weight is 217 g/mol. The van der Waals surface area contributed by atoms with E-state index in [-0.39, 0.29) is 17.4 Å². The van der Waals surface area contributed by atoms with Gasteiger partial charge in [0, 0.05) is 18.1 Å². The molecule has 4 heteroatoms. The number of nitro groups is 1. The summed E-state index contributed by atoms with van der Waals surface area (Å²) in [5.74, 6) is 0.368. The first-order chi connectivity index (χ1) is 7.66. The number of hydrogen-bond acceptors (Lipinski definition) is 3. The number of nitrogens with zero attached hydrogens (tertiary/aromatic N) is 1. The minimum Gasteiger partial charge on any atom is -0.295 e. The molecule has 16 heavy (non-hydrogen) atoms. The van der Waals surface area contributed by atoms with Crippen LogP contribution >= 0.6 is 0 Å². The summed E-state index contributed by atoms with van der Waals surface area (Å²) in [6.45, 7) is 0. The van der Waals surface area contributed by atoms with Gasteiger partial charge in [-0.3, -0.25) is 14.9 Å². The van der Waals surface area contributed by atoms with Gasteiger partial charge in [-0.05, 0) is 36.6 Å². The van der Waals surface area contributed by atoms with E-state index in [1.165, 1.54) is 12.1 Å². The third-order valence-corrected chi connectivity index (χ3v) is 2.52. The van der Waals surface area contributed by atoms with Crippen molar-refractivity contribution >= 4 is 17.5 Å². The number of carbonyl (C=O) groups excluding carboxylic acids is 1. The van der Waals surface area contributed by atoms with E-state index in [1.807, 2.05) is 0 Å². The van der Waals surface area contributed by atoms with E-state index in [2.05, 4.69) is 0 Å². The lowest BCUT2D eigenvalue weighted by molar-refractivity contribution is -0.384. The van der Waals surface area contributed by atoms with Crippen LogP contribution in [-0.4, -0.2) is 10.7 Å². The second-order valence-corrected chi connectivity index (χ2v) is 3.86. The summed E-state index contributed by atoms with van der Waals surface area (Å²) in [7, 11) is 0. The Bertz CT molecular complexity index is 444. The van der Waals surface area contributed by atoms with Crippen LogP contribution in [0, 0.1) is 16.0 Å². The zero-order valence-corrected chi connectivity index (χ0v) is 8.63. The van der Waals surface area contributed by atoms with E-state index in [4.69, 9.17) is 0 Å². The van der Waals surface area contributed by atoms with Crippen molar-refractivity contribution < 1.29 is 9.72 Å². The van der Waals surface area contributed by atoms with Crippen LogP contribution in [0.4, 0.5) is 5.69 Å². The molecule has 1 saturated carbocycles. The standard InChI is InChI=1S/C12H11NO3/c14-12(10-4-5-10)8-3-9-1-6-11(7-2-9)13(15)16/h1-3,6-8,10H,4-5H2/b8-3+. The monoisotopic (exact) mass is 217 g/mol. The molecule has 1 aromatic rings. The van der Waals surface area contributed by atoms with Crippen LogP contribution in [-0.2, 0) is 4.79 Å². The normalized spacial score (nSPS) is 15.2. The Morgan fingerprint density at radius 1 is 1.31 bits per heavy atom. The molecule has 4 nitrogen and oxygen atoms in total. The van der Waals surface area contributed by atoms with Gasteiger partial charge in [0.05, 0.1) is 4.92 Å². The van der Waals surface area contributed by atoms with Gasteiger partial charge >= 0.3 is 0 Å². The highest BCUT2D eigenvalue weighted by atomic mass is 16.6. The van der Waals surface area contributed by atoms with E-state index in [0.717, 1.165) is 18.4 Å². The fraction of sp³-hybridized carbons (Fsp3) is 0.250. The van der Waals surface area contributed by atoms with Crippen LogP contribution in [0.15, 0.2) is 30.3 Å². The lowest BCUT2D eigenvalue weighted by Gasteiger charge is -1.93. The fourth-order valence-corrected chi connectivity index (χ4v) is 1.39. The molecule has 0 radical (unpaired) electrons. The molecule has 82 valence electrons. The molecular weight excluding hydrogens is 206 g/mol. The van der Waals surface area contributed by atoms with E-state index in [1.54, 1.807) is 24.3 Å². The van der Waals surface area contributed by atoms with Crippen molar-refractivity contribution in [3.05, 3.63) is 46.0 Å². The molecule has 0 aromatic heterocycles. The highest BCUT2D eigenvalue weighted by Crippen LogP contribution is 2.30. The Balaban J connectivity index is 2.04. The van der Waals surface area contributed by atoms with Gasteiger partial charge in [-0.1, -0.05) is 6.08 Å². The molecule has 1 aliphatic carbocycles. The third-order valence-electron chi connectivity index (χ3n) is 2.52. The van der Waals surface area contributed by atoms with Crippen molar-refractivity contribution in [3.63, 3.8) is 0 Å². The maximum absolute atomic E-state index is 11.4. The number of ketones is 1. The molecule has 0 saturated heterocycles. The first-order valence-corrected chi connectivity index (χ1v) is 5.13. The Morgan fingerprint density at radius 3 is 2.44 bits per heavy atom. The first kappa shape index (κ1) is 10.5. The largest absolute Gasteiger partial charge is 0.295 e. The van der Waals surface area contributed by atoms with Crippen molar-refractivity contribution in [1.29, 1.82) is 0 Å². The molecule has 1 fully saturated rings. The molecule has 0 amide bonds. The summed E-state index contributed by atoms with van der Waals surface area (Å²) in [6, 6.07) is 6.13. The Morgan fingerprint density at radius 2 is 1.94 bits per heavy atom. The molecular formula is C12H11NO3. The maximum Gasteiger partial charge on any atom is 0.269 e. The lowest BCUT2D eigenvalue weighted by atomic mass is 10.1. The molecule has 2 rings (SSSR count). The van der Waals surface area contributed by atoms with Gasteiger partial charge in [0.15, 0.2) is 5.78 Å². The van der Waals surface area contributed by atoms with Gasteiger partial charge in [-0.2, -0.15) is 0 Å². The van der Waals surface area contributed by atoms with Crippen molar-refractivity contribution in [2.45, 2.75) is 12.8 Å². The molecule has 0 atom stereocenters. The number of carbonyl (C=O) groups is 1. The second-order valence-electron chi connectivity index (χ2n) is 3.86. The Hall–Kier alpha value is -1.97. The first-order valence-electron chi connectivity index (χ1n) is 5.13. The topological polar surface area (TPSA) is 60.2 Å². The van der Waals surface area contributed by atoms with Gasteiger partial charge in [0.2, 0.25) is 0 Å². The van der Waals surface area contributed by atoms with Crippen LogP contribution < -0.4 is 0 Å². The van der Waals surface area contributed by atoms with E-state index >= 15 is 0 Å². The van der Waals surface area contributed by atoms with E-state index in [0.29, 0.717) is 0 Å². The minimum atomic E-state index is -0.442. The SMILES string of the molecule is O=C(/C=C/c1ccc([N+](=O)[O-])cc1)C1CC1. The van der Waals surface area contributed by atoms with Crippen molar-refractivity contribution in [1.82, 2.24) is 0 Å². The summed E-state index contributed by atoms with van der Waals surface area (Å²) < 4.78 is 0. The number of hydrogen-bond donors (Lipinski definition) is 0. The van der Waals surface area contributed by atoms with Gasteiger partial charge in [0.1, 0.15) is 0 Å². The zero-order chi connectivity index (χ0) is 11.5. The molecule has 1 aliphatic rings.